The molecule has 0 saturated heterocycles. The third-order valence-electron chi connectivity index (χ3n) is 14.1. The molecule has 2 heterocycles. The van der Waals surface area contributed by atoms with E-state index < -0.39 is 37.3 Å². The standard InChI is InChI=1S/C60H88O8P2/c1-35-41-27-37(53(3,4)5)31-45(57(15,16)17)49(41)63-69(61,64-50-42(35)28-38(54(6,7)8)32-46(50)58(18,19)20)67-68-70(62)65-51-43(29-39(55(9,10)11)33-47(51)59(21,22)23)36(2)44-30-40(56(12,13)14)34-48(52(44)66-70)60(24,25)26/h27-36H,1-26H3. The molecule has 0 unspecified atom stereocenters. The van der Waals surface area contributed by atoms with Crippen molar-refractivity contribution in [1.29, 1.82) is 0 Å². The molecule has 4 aromatic rings. The lowest BCUT2D eigenvalue weighted by atomic mass is 9.74. The minimum absolute atomic E-state index is 0.237. The topological polar surface area (TPSA) is 89.5 Å². The van der Waals surface area contributed by atoms with E-state index in [0.29, 0.717) is 23.0 Å². The van der Waals surface area contributed by atoms with Gasteiger partial charge in [-0.25, -0.2) is 9.13 Å². The second-order valence-corrected chi connectivity index (χ2v) is 31.4. The Morgan fingerprint density at radius 2 is 0.486 bits per heavy atom. The van der Waals surface area contributed by atoms with Crippen LogP contribution in [-0.4, -0.2) is 0 Å². The van der Waals surface area contributed by atoms with Crippen LogP contribution in [0.25, 0.3) is 0 Å². The molecule has 4 aromatic carbocycles. The highest BCUT2D eigenvalue weighted by Crippen LogP contribution is 2.65. The van der Waals surface area contributed by atoms with Crippen LogP contribution in [0.1, 0.15) is 259 Å². The lowest BCUT2D eigenvalue weighted by molar-refractivity contribution is -0.136. The van der Waals surface area contributed by atoms with Crippen molar-refractivity contribution in [2.24, 2.45) is 0 Å². The van der Waals surface area contributed by atoms with Gasteiger partial charge in [0, 0.05) is 56.3 Å². The van der Waals surface area contributed by atoms with E-state index in [-0.39, 0.29) is 33.5 Å². The van der Waals surface area contributed by atoms with Crippen LogP contribution in [0.15, 0.2) is 48.5 Å². The molecule has 8 nitrogen and oxygen atoms in total. The summed E-state index contributed by atoms with van der Waals surface area (Å²) in [6.45, 7) is 55.9. The maximum absolute atomic E-state index is 16.2. The predicted molar refractivity (Wildman–Crippen MR) is 290 cm³/mol. The van der Waals surface area contributed by atoms with Gasteiger partial charge in [-0.1, -0.05) is 238 Å². The van der Waals surface area contributed by atoms with E-state index in [0.717, 1.165) is 66.8 Å². The van der Waals surface area contributed by atoms with Gasteiger partial charge < -0.3 is 18.1 Å². The van der Waals surface area contributed by atoms with Gasteiger partial charge in [0.2, 0.25) is 0 Å². The Balaban J connectivity index is 1.69. The third-order valence-corrected chi connectivity index (χ3v) is 16.3. The van der Waals surface area contributed by atoms with Crippen molar-refractivity contribution in [1.82, 2.24) is 0 Å². The summed E-state index contributed by atoms with van der Waals surface area (Å²) in [5.41, 5.74) is 8.07. The Labute approximate surface area is 423 Å². The summed E-state index contributed by atoms with van der Waals surface area (Å²) in [5.74, 6) is 0.891. The molecule has 0 bridgehead atoms. The van der Waals surface area contributed by atoms with Gasteiger partial charge in [0.1, 0.15) is 23.0 Å². The largest absolute Gasteiger partial charge is 0.616 e. The Bertz CT molecular complexity index is 2410. The van der Waals surface area contributed by atoms with Crippen LogP contribution in [0.4, 0.5) is 0 Å². The number of hydrogen-bond donors (Lipinski definition) is 0. The van der Waals surface area contributed by atoms with Gasteiger partial charge >= 0.3 is 15.6 Å². The zero-order valence-corrected chi connectivity index (χ0v) is 49.7. The molecule has 0 aromatic heterocycles. The predicted octanol–water partition coefficient (Wildman–Crippen LogP) is 18.8. The second kappa shape index (κ2) is 17.6. The SMILES string of the molecule is CC1c2cc(C(C)(C)C)cc(C(C)(C)C)c2OP(=O)(OOP2(=O)Oc3c(cc(C(C)(C)C)cc3C(C)(C)C)C(C)c3cc(C(C)(C)C)cc(C(C)(C)C)c3O2)Oc2c1cc(C(C)(C)C)cc2C(C)(C)C. The molecule has 10 heteroatoms. The average molecular weight is 999 g/mol. The van der Waals surface area contributed by atoms with Crippen LogP contribution in [0.2, 0.25) is 0 Å². The number of phosphoric ester groups is 2. The molecular weight excluding hydrogens is 911 g/mol. The van der Waals surface area contributed by atoms with Crippen molar-refractivity contribution in [3.05, 3.63) is 115 Å². The Morgan fingerprint density at radius 3 is 0.629 bits per heavy atom. The van der Waals surface area contributed by atoms with Crippen molar-refractivity contribution in [3.63, 3.8) is 0 Å². The van der Waals surface area contributed by atoms with Crippen LogP contribution >= 0.6 is 15.6 Å². The molecule has 2 aliphatic rings. The fraction of sp³-hybridized carbons (Fsp3) is 0.600. The molecule has 0 radical (unpaired) electrons. The summed E-state index contributed by atoms with van der Waals surface area (Å²) in [6, 6.07) is 17.2. The zero-order valence-electron chi connectivity index (χ0n) is 47.9. The lowest BCUT2D eigenvalue weighted by Crippen LogP contribution is -2.25. The summed E-state index contributed by atoms with van der Waals surface area (Å²) in [4.78, 5) is 0. The molecule has 0 aliphatic carbocycles. The molecular formula is C60H88O8P2. The first kappa shape index (κ1) is 55.8. The van der Waals surface area contributed by atoms with Crippen molar-refractivity contribution < 1.29 is 36.6 Å². The van der Waals surface area contributed by atoms with Crippen molar-refractivity contribution in [2.45, 2.75) is 235 Å². The molecule has 386 valence electrons. The molecule has 0 atom stereocenters. The fourth-order valence-electron chi connectivity index (χ4n) is 9.22. The molecule has 2 aliphatic heterocycles. The highest BCUT2D eigenvalue weighted by Gasteiger charge is 2.49. The third kappa shape index (κ3) is 11.3. The van der Waals surface area contributed by atoms with Crippen molar-refractivity contribution in [2.75, 3.05) is 0 Å². The van der Waals surface area contributed by atoms with Gasteiger partial charge in [-0.05, 0) is 65.6 Å². The number of phosphoric acid groups is 2. The highest BCUT2D eigenvalue weighted by atomic mass is 31.2. The number of rotatable bonds is 3. The molecule has 70 heavy (non-hydrogen) atoms. The first-order valence-corrected chi connectivity index (χ1v) is 28.3. The fourth-order valence-corrected chi connectivity index (χ4v) is 11.8. The molecule has 0 spiro atoms. The van der Waals surface area contributed by atoms with E-state index >= 15 is 9.13 Å². The van der Waals surface area contributed by atoms with Gasteiger partial charge in [-0.3, -0.25) is 0 Å². The van der Waals surface area contributed by atoms with E-state index in [1.165, 1.54) is 0 Å². The van der Waals surface area contributed by atoms with E-state index in [9.17, 15) is 0 Å². The molecule has 0 amide bonds. The maximum Gasteiger partial charge on any atom is 0.616 e. The molecule has 0 fully saturated rings. The van der Waals surface area contributed by atoms with Crippen LogP contribution in [-0.2, 0) is 61.8 Å². The summed E-state index contributed by atoms with van der Waals surface area (Å²) >= 11 is 0. The smallest absolute Gasteiger partial charge is 0.393 e. The minimum Gasteiger partial charge on any atom is -0.393 e. The first-order chi connectivity index (χ1) is 31.3. The van der Waals surface area contributed by atoms with Gasteiger partial charge in [-0.15, -0.1) is 0 Å². The number of hydrogen-bond acceptors (Lipinski definition) is 8. The quantitative estimate of drug-likeness (QED) is 0.114. The van der Waals surface area contributed by atoms with E-state index in [1.807, 2.05) is 0 Å². The first-order valence-electron chi connectivity index (χ1n) is 25.4. The van der Waals surface area contributed by atoms with Crippen LogP contribution in [0.5, 0.6) is 23.0 Å². The van der Waals surface area contributed by atoms with Gasteiger partial charge in [-0.2, -0.15) is 0 Å². The molecule has 0 saturated carbocycles. The number of fused-ring (bicyclic) bond motifs is 4. The van der Waals surface area contributed by atoms with Gasteiger partial charge in [0.05, 0.1) is 0 Å². The monoisotopic (exact) mass is 999 g/mol. The Hall–Kier alpha value is -3.54. The summed E-state index contributed by atoms with van der Waals surface area (Å²) in [6.07, 6.45) is 0. The number of benzene rings is 4. The Kier molecular flexibility index (Phi) is 14.0. The highest BCUT2D eigenvalue weighted by molar-refractivity contribution is 7.51. The van der Waals surface area contributed by atoms with Crippen LogP contribution < -0.4 is 18.1 Å². The summed E-state index contributed by atoms with van der Waals surface area (Å²) < 4.78 is 72.0. The average Bonchev–Trinajstić information content (AvgIpc) is 3.15. The van der Waals surface area contributed by atoms with Crippen molar-refractivity contribution in [3.8, 4) is 23.0 Å². The maximum atomic E-state index is 16.2. The van der Waals surface area contributed by atoms with E-state index in [1.54, 1.807) is 0 Å². The normalized spacial score (nSPS) is 21.5. The zero-order chi connectivity index (χ0) is 53.3. The molecule has 6 rings (SSSR count). The van der Waals surface area contributed by atoms with Crippen LogP contribution in [0.3, 0.4) is 0 Å². The van der Waals surface area contributed by atoms with Crippen LogP contribution in [0, 0.1) is 0 Å². The minimum atomic E-state index is -5.00. The van der Waals surface area contributed by atoms with E-state index in [4.69, 9.17) is 27.4 Å². The second-order valence-electron chi connectivity index (χ2n) is 28.6. The van der Waals surface area contributed by atoms with Gasteiger partial charge in [0.25, 0.3) is 0 Å². The Morgan fingerprint density at radius 1 is 0.314 bits per heavy atom. The van der Waals surface area contributed by atoms with Crippen molar-refractivity contribution >= 4 is 15.6 Å². The summed E-state index contributed by atoms with van der Waals surface area (Å²) in [7, 11) is -10.00. The van der Waals surface area contributed by atoms with Gasteiger partial charge in [0.15, 0.2) is 0 Å². The summed E-state index contributed by atoms with van der Waals surface area (Å²) in [5, 5.41) is 0. The lowest BCUT2D eigenvalue weighted by Gasteiger charge is -2.37. The molecule has 0 N–H and O–H groups in total. The van der Waals surface area contributed by atoms with E-state index in [2.05, 4.69) is 229 Å².